The van der Waals surface area contributed by atoms with Crippen LogP contribution < -0.4 is 10.1 Å². The van der Waals surface area contributed by atoms with Crippen molar-refractivity contribution in [1.29, 1.82) is 0 Å². The van der Waals surface area contributed by atoms with Gasteiger partial charge in [-0.25, -0.2) is 8.78 Å². The lowest BCUT2D eigenvalue weighted by atomic mass is 10.1. The fraction of sp³-hybridized carbons (Fsp3) is 0.227. The zero-order valence-corrected chi connectivity index (χ0v) is 15.2. The van der Waals surface area contributed by atoms with Crippen molar-refractivity contribution in [3.05, 3.63) is 77.9 Å². The molecule has 3 aromatic carbocycles. The number of fused-ring (bicyclic) bond motifs is 1. The Morgan fingerprint density at radius 3 is 2.64 bits per heavy atom. The molecule has 2 N–H and O–H groups in total. The Balaban J connectivity index is 1.41. The molecule has 0 aromatic heterocycles. The number of hydrogen-bond donors (Lipinski definition) is 2. The van der Waals surface area contributed by atoms with Crippen LogP contribution in [0.1, 0.15) is 24.5 Å². The molecule has 0 saturated carbocycles. The van der Waals surface area contributed by atoms with Crippen LogP contribution in [-0.2, 0) is 4.79 Å². The number of aliphatic hydroxyl groups excluding tert-OH is 1. The van der Waals surface area contributed by atoms with Crippen molar-refractivity contribution in [3.8, 4) is 5.75 Å². The summed E-state index contributed by atoms with van der Waals surface area (Å²) in [5, 5.41) is 14.7. The minimum atomic E-state index is -1.11. The van der Waals surface area contributed by atoms with Crippen LogP contribution in [0.5, 0.6) is 5.75 Å². The number of hydrogen-bond acceptors (Lipinski definition) is 3. The van der Waals surface area contributed by atoms with Crippen LogP contribution in [-0.4, -0.2) is 24.2 Å². The van der Waals surface area contributed by atoms with E-state index in [0.717, 1.165) is 28.7 Å². The Hall–Kier alpha value is -2.99. The molecule has 28 heavy (non-hydrogen) atoms. The smallest absolute Gasteiger partial charge is 0.220 e. The first kappa shape index (κ1) is 19.8. The van der Waals surface area contributed by atoms with Crippen molar-refractivity contribution in [2.24, 2.45) is 0 Å². The lowest BCUT2D eigenvalue weighted by Crippen LogP contribution is -2.28. The van der Waals surface area contributed by atoms with Crippen molar-refractivity contribution in [1.82, 2.24) is 5.32 Å². The Morgan fingerprint density at radius 2 is 1.82 bits per heavy atom. The van der Waals surface area contributed by atoms with Gasteiger partial charge in [0, 0.05) is 18.4 Å². The topological polar surface area (TPSA) is 58.6 Å². The lowest BCUT2D eigenvalue weighted by molar-refractivity contribution is -0.121. The van der Waals surface area contributed by atoms with E-state index >= 15 is 0 Å². The summed E-state index contributed by atoms with van der Waals surface area (Å²) in [5.41, 5.74) is 0.207. The highest BCUT2D eigenvalue weighted by Gasteiger charge is 2.12. The maximum absolute atomic E-state index is 13.2. The normalized spacial score (nSPS) is 12.0. The van der Waals surface area contributed by atoms with Crippen molar-refractivity contribution >= 4 is 16.7 Å². The molecule has 146 valence electrons. The third-order valence-corrected chi connectivity index (χ3v) is 4.38. The van der Waals surface area contributed by atoms with Crippen LogP contribution >= 0.6 is 0 Å². The number of benzene rings is 3. The van der Waals surface area contributed by atoms with Crippen molar-refractivity contribution in [2.45, 2.75) is 18.9 Å². The first-order valence-corrected chi connectivity index (χ1v) is 9.05. The summed E-state index contributed by atoms with van der Waals surface area (Å²) in [6.07, 6.45) is -0.364. The molecule has 0 saturated heterocycles. The Morgan fingerprint density at radius 1 is 1.04 bits per heavy atom. The van der Waals surface area contributed by atoms with E-state index in [2.05, 4.69) is 5.32 Å². The molecule has 0 spiro atoms. The fourth-order valence-electron chi connectivity index (χ4n) is 2.87. The molecular weight excluding hydrogens is 364 g/mol. The standard InChI is InChI=1S/C22H21F2NO3/c23-18-11-10-16(13-19(18)24)20(26)14-25-22(27)9-4-12-28-21-8-3-6-15-5-1-2-7-17(15)21/h1-3,5-8,10-11,13,20,26H,4,9,12,14H2,(H,25,27). The third kappa shape index (κ3) is 5.04. The maximum atomic E-state index is 13.2. The van der Waals surface area contributed by atoms with E-state index in [-0.39, 0.29) is 24.4 Å². The number of ether oxygens (including phenoxy) is 1. The van der Waals surface area contributed by atoms with Gasteiger partial charge in [0.05, 0.1) is 12.7 Å². The SMILES string of the molecule is O=C(CCCOc1cccc2ccccc12)NCC(O)c1ccc(F)c(F)c1. The number of amides is 1. The molecule has 1 unspecified atom stereocenters. The van der Waals surface area contributed by atoms with Crippen LogP contribution in [0.15, 0.2) is 60.7 Å². The van der Waals surface area contributed by atoms with Gasteiger partial charge >= 0.3 is 0 Å². The van der Waals surface area contributed by atoms with E-state index in [1.807, 2.05) is 42.5 Å². The highest BCUT2D eigenvalue weighted by Crippen LogP contribution is 2.25. The van der Waals surface area contributed by atoms with Crippen molar-refractivity contribution < 1.29 is 23.4 Å². The monoisotopic (exact) mass is 385 g/mol. The minimum Gasteiger partial charge on any atom is -0.493 e. The predicted molar refractivity (Wildman–Crippen MR) is 103 cm³/mol. The van der Waals surface area contributed by atoms with Gasteiger partial charge in [-0.05, 0) is 35.6 Å². The van der Waals surface area contributed by atoms with Gasteiger partial charge in [-0.2, -0.15) is 0 Å². The van der Waals surface area contributed by atoms with Crippen molar-refractivity contribution in [3.63, 3.8) is 0 Å². The highest BCUT2D eigenvalue weighted by atomic mass is 19.2. The van der Waals surface area contributed by atoms with Gasteiger partial charge in [0.2, 0.25) is 5.91 Å². The Kier molecular flexibility index (Phi) is 6.55. The molecule has 0 fully saturated rings. The van der Waals surface area contributed by atoms with E-state index in [9.17, 15) is 18.7 Å². The van der Waals surface area contributed by atoms with Crippen LogP contribution in [0.25, 0.3) is 10.8 Å². The van der Waals surface area contributed by atoms with Crippen LogP contribution in [0.2, 0.25) is 0 Å². The van der Waals surface area contributed by atoms with Crippen LogP contribution in [0.3, 0.4) is 0 Å². The predicted octanol–water partition coefficient (Wildman–Crippen LogP) is 4.13. The molecule has 3 rings (SSSR count). The molecule has 0 aliphatic carbocycles. The molecule has 1 atom stereocenters. The van der Waals surface area contributed by atoms with Gasteiger partial charge in [0.15, 0.2) is 11.6 Å². The third-order valence-electron chi connectivity index (χ3n) is 4.38. The summed E-state index contributed by atoms with van der Waals surface area (Å²) >= 11 is 0. The van der Waals surface area contributed by atoms with E-state index in [4.69, 9.17) is 4.74 Å². The summed E-state index contributed by atoms with van der Waals surface area (Å²) < 4.78 is 31.9. The largest absolute Gasteiger partial charge is 0.493 e. The summed E-state index contributed by atoms with van der Waals surface area (Å²) in [6, 6.07) is 16.9. The van der Waals surface area contributed by atoms with Gasteiger partial charge < -0.3 is 15.2 Å². The summed E-state index contributed by atoms with van der Waals surface area (Å²) in [4.78, 5) is 11.9. The summed E-state index contributed by atoms with van der Waals surface area (Å²) in [7, 11) is 0. The second-order valence-electron chi connectivity index (χ2n) is 6.42. The number of nitrogens with one attached hydrogen (secondary N) is 1. The molecular formula is C22H21F2NO3. The molecule has 4 nitrogen and oxygen atoms in total. The summed E-state index contributed by atoms with van der Waals surface area (Å²) in [6.45, 7) is 0.307. The first-order chi connectivity index (χ1) is 13.5. The first-order valence-electron chi connectivity index (χ1n) is 9.05. The van der Waals surface area contributed by atoms with Gasteiger partial charge in [0.25, 0.3) is 0 Å². The highest BCUT2D eigenvalue weighted by molar-refractivity contribution is 5.88. The molecule has 0 heterocycles. The molecule has 6 heteroatoms. The Labute approximate surface area is 161 Å². The maximum Gasteiger partial charge on any atom is 0.220 e. The average Bonchev–Trinajstić information content (AvgIpc) is 2.71. The number of rotatable bonds is 8. The quantitative estimate of drug-likeness (QED) is 0.574. The Bertz CT molecular complexity index is 956. The molecule has 0 aliphatic rings. The van der Waals surface area contributed by atoms with Gasteiger partial charge in [0.1, 0.15) is 5.75 Å². The van der Waals surface area contributed by atoms with Gasteiger partial charge in [-0.1, -0.05) is 42.5 Å². The van der Waals surface area contributed by atoms with E-state index in [0.29, 0.717) is 13.0 Å². The lowest BCUT2D eigenvalue weighted by Gasteiger charge is -2.13. The molecule has 0 bridgehead atoms. The van der Waals surface area contributed by atoms with Crippen LogP contribution in [0, 0.1) is 11.6 Å². The number of aliphatic hydroxyl groups is 1. The zero-order valence-electron chi connectivity index (χ0n) is 15.2. The van der Waals surface area contributed by atoms with Crippen molar-refractivity contribution in [2.75, 3.05) is 13.2 Å². The molecule has 0 aliphatic heterocycles. The fourth-order valence-corrected chi connectivity index (χ4v) is 2.87. The molecule has 3 aromatic rings. The van der Waals surface area contributed by atoms with Gasteiger partial charge in [-0.15, -0.1) is 0 Å². The van der Waals surface area contributed by atoms with Crippen LogP contribution in [0.4, 0.5) is 8.78 Å². The second-order valence-corrected chi connectivity index (χ2v) is 6.42. The molecule has 1 amide bonds. The van der Waals surface area contributed by atoms with Gasteiger partial charge in [-0.3, -0.25) is 4.79 Å². The number of carbonyl (C=O) groups is 1. The van der Waals surface area contributed by atoms with E-state index in [1.165, 1.54) is 6.07 Å². The van der Waals surface area contributed by atoms with E-state index < -0.39 is 17.7 Å². The molecule has 0 radical (unpaired) electrons. The average molecular weight is 385 g/mol. The summed E-state index contributed by atoms with van der Waals surface area (Å²) in [5.74, 6) is -1.49. The second kappa shape index (κ2) is 9.28. The zero-order chi connectivity index (χ0) is 19.9. The van der Waals surface area contributed by atoms with E-state index in [1.54, 1.807) is 0 Å². The number of halogens is 2. The minimum absolute atomic E-state index is 0.0753. The number of carbonyl (C=O) groups excluding carboxylic acids is 1.